The second-order valence-corrected chi connectivity index (χ2v) is 10.1. The Balaban J connectivity index is 1.74. The SMILES string of the molecule is Cc1ccc(S(=O)(=O)N2CCN([C@H](C(N)=O)c3ccc(Cl)cc3)CC2)s1. The van der Waals surface area contributed by atoms with Crippen molar-refractivity contribution < 1.29 is 13.2 Å². The zero-order valence-corrected chi connectivity index (χ0v) is 16.6. The Labute approximate surface area is 162 Å². The van der Waals surface area contributed by atoms with Crippen LogP contribution in [-0.4, -0.2) is 49.7 Å². The van der Waals surface area contributed by atoms with E-state index in [1.165, 1.54) is 15.6 Å². The van der Waals surface area contributed by atoms with E-state index >= 15 is 0 Å². The number of sulfonamides is 1. The molecule has 1 aliphatic rings. The van der Waals surface area contributed by atoms with Crippen molar-refractivity contribution in [1.29, 1.82) is 0 Å². The molecule has 140 valence electrons. The van der Waals surface area contributed by atoms with Crippen LogP contribution in [0.1, 0.15) is 16.5 Å². The lowest BCUT2D eigenvalue weighted by Gasteiger charge is -2.37. The number of amides is 1. The van der Waals surface area contributed by atoms with E-state index in [9.17, 15) is 13.2 Å². The molecule has 0 aliphatic carbocycles. The summed E-state index contributed by atoms with van der Waals surface area (Å²) in [6, 6.07) is 9.82. The van der Waals surface area contributed by atoms with Gasteiger partial charge in [0, 0.05) is 36.1 Å². The van der Waals surface area contributed by atoms with Crippen LogP contribution in [0.15, 0.2) is 40.6 Å². The Morgan fingerprint density at radius 3 is 2.23 bits per heavy atom. The number of carbonyl (C=O) groups excluding carboxylic acids is 1. The van der Waals surface area contributed by atoms with Gasteiger partial charge in [-0.3, -0.25) is 9.69 Å². The summed E-state index contributed by atoms with van der Waals surface area (Å²) in [6.45, 7) is 3.37. The molecule has 26 heavy (non-hydrogen) atoms. The summed E-state index contributed by atoms with van der Waals surface area (Å²) in [5, 5.41) is 0.583. The minimum absolute atomic E-state index is 0.316. The van der Waals surface area contributed by atoms with E-state index in [1.807, 2.05) is 11.8 Å². The van der Waals surface area contributed by atoms with Crippen molar-refractivity contribution in [3.63, 3.8) is 0 Å². The van der Waals surface area contributed by atoms with Gasteiger partial charge in [-0.15, -0.1) is 11.3 Å². The Bertz CT molecular complexity index is 888. The monoisotopic (exact) mass is 413 g/mol. The second kappa shape index (κ2) is 7.66. The summed E-state index contributed by atoms with van der Waals surface area (Å²) in [7, 11) is -3.49. The average molecular weight is 414 g/mol. The van der Waals surface area contributed by atoms with Crippen LogP contribution in [0.4, 0.5) is 0 Å². The van der Waals surface area contributed by atoms with Crippen LogP contribution < -0.4 is 5.73 Å². The number of nitrogens with zero attached hydrogens (tertiary/aromatic N) is 2. The molecular weight excluding hydrogens is 394 g/mol. The Morgan fingerprint density at radius 1 is 1.12 bits per heavy atom. The van der Waals surface area contributed by atoms with Crippen LogP contribution in [-0.2, 0) is 14.8 Å². The first kappa shape index (κ1) is 19.3. The molecule has 1 aromatic carbocycles. The summed E-state index contributed by atoms with van der Waals surface area (Å²) >= 11 is 7.18. The smallest absolute Gasteiger partial charge is 0.252 e. The predicted molar refractivity (Wildman–Crippen MR) is 103 cm³/mol. The molecule has 0 spiro atoms. The fraction of sp³-hybridized carbons (Fsp3) is 0.353. The number of halogens is 1. The lowest BCUT2D eigenvalue weighted by atomic mass is 10.0. The molecule has 0 bridgehead atoms. The molecule has 1 aliphatic heterocycles. The Hall–Kier alpha value is -1.45. The van der Waals surface area contributed by atoms with E-state index in [-0.39, 0.29) is 0 Å². The number of hydrogen-bond donors (Lipinski definition) is 1. The third-order valence-corrected chi connectivity index (χ3v) is 8.02. The highest BCUT2D eigenvalue weighted by Gasteiger charge is 2.34. The molecular formula is C17H20ClN3O3S2. The van der Waals surface area contributed by atoms with Gasteiger partial charge in [0.2, 0.25) is 5.91 Å². The van der Waals surface area contributed by atoms with Gasteiger partial charge in [-0.1, -0.05) is 23.7 Å². The van der Waals surface area contributed by atoms with Gasteiger partial charge >= 0.3 is 0 Å². The van der Waals surface area contributed by atoms with E-state index in [0.717, 1.165) is 10.4 Å². The summed E-state index contributed by atoms with van der Waals surface area (Å²) in [5.74, 6) is -0.461. The molecule has 1 amide bonds. The van der Waals surface area contributed by atoms with E-state index in [0.29, 0.717) is 35.4 Å². The molecule has 1 aromatic heterocycles. The summed E-state index contributed by atoms with van der Waals surface area (Å²) in [6.07, 6.45) is 0. The predicted octanol–water partition coefficient (Wildman–Crippen LogP) is 2.24. The van der Waals surface area contributed by atoms with Crippen molar-refractivity contribution in [3.05, 3.63) is 51.9 Å². The number of carbonyl (C=O) groups is 1. The summed E-state index contributed by atoms with van der Waals surface area (Å²) in [4.78, 5) is 14.9. The first-order valence-electron chi connectivity index (χ1n) is 8.14. The number of primary amides is 1. The zero-order valence-electron chi connectivity index (χ0n) is 14.3. The third kappa shape index (κ3) is 3.94. The van der Waals surface area contributed by atoms with Crippen molar-refractivity contribution in [1.82, 2.24) is 9.21 Å². The van der Waals surface area contributed by atoms with Gasteiger partial charge < -0.3 is 5.73 Å². The van der Waals surface area contributed by atoms with Crippen LogP contribution in [0.25, 0.3) is 0 Å². The van der Waals surface area contributed by atoms with E-state index < -0.39 is 22.0 Å². The maximum Gasteiger partial charge on any atom is 0.252 e. The van der Waals surface area contributed by atoms with Crippen molar-refractivity contribution >= 4 is 38.9 Å². The average Bonchev–Trinajstić information content (AvgIpc) is 3.04. The van der Waals surface area contributed by atoms with Gasteiger partial charge in [0.25, 0.3) is 10.0 Å². The van der Waals surface area contributed by atoms with Crippen LogP contribution in [0, 0.1) is 6.92 Å². The summed E-state index contributed by atoms with van der Waals surface area (Å²) in [5.41, 5.74) is 6.36. The molecule has 2 aromatic rings. The first-order chi connectivity index (χ1) is 12.3. The number of piperazine rings is 1. The number of benzene rings is 1. The number of aryl methyl sites for hydroxylation is 1. The molecule has 6 nitrogen and oxygen atoms in total. The maximum absolute atomic E-state index is 12.7. The van der Waals surface area contributed by atoms with Gasteiger partial charge in [-0.2, -0.15) is 4.31 Å². The number of thiophene rings is 1. The molecule has 2 N–H and O–H groups in total. The van der Waals surface area contributed by atoms with Gasteiger partial charge in [0.1, 0.15) is 10.3 Å². The topological polar surface area (TPSA) is 83.7 Å². The van der Waals surface area contributed by atoms with Gasteiger partial charge in [-0.05, 0) is 36.8 Å². The molecule has 0 saturated carbocycles. The van der Waals surface area contributed by atoms with Crippen molar-refractivity contribution in [2.24, 2.45) is 5.73 Å². The highest BCUT2D eigenvalue weighted by atomic mass is 35.5. The number of rotatable bonds is 5. The zero-order chi connectivity index (χ0) is 18.9. The fourth-order valence-electron chi connectivity index (χ4n) is 3.08. The molecule has 3 rings (SSSR count). The third-order valence-electron chi connectivity index (χ3n) is 4.40. The first-order valence-corrected chi connectivity index (χ1v) is 10.8. The van der Waals surface area contributed by atoms with E-state index in [2.05, 4.69) is 0 Å². The second-order valence-electron chi connectivity index (χ2n) is 6.16. The summed E-state index contributed by atoms with van der Waals surface area (Å²) < 4.78 is 27.3. The lowest BCUT2D eigenvalue weighted by Crippen LogP contribution is -2.51. The van der Waals surface area contributed by atoms with Crippen LogP contribution in [0.5, 0.6) is 0 Å². The van der Waals surface area contributed by atoms with Gasteiger partial charge in [-0.25, -0.2) is 8.42 Å². The van der Waals surface area contributed by atoms with Gasteiger partial charge in [0.05, 0.1) is 0 Å². The van der Waals surface area contributed by atoms with Crippen LogP contribution in [0.2, 0.25) is 5.02 Å². The number of nitrogens with two attached hydrogens (primary N) is 1. The lowest BCUT2D eigenvalue weighted by molar-refractivity contribution is -0.124. The van der Waals surface area contributed by atoms with E-state index in [1.54, 1.807) is 36.4 Å². The molecule has 2 heterocycles. The van der Waals surface area contributed by atoms with Crippen molar-refractivity contribution in [2.75, 3.05) is 26.2 Å². The maximum atomic E-state index is 12.7. The molecule has 9 heteroatoms. The van der Waals surface area contributed by atoms with E-state index in [4.69, 9.17) is 17.3 Å². The normalized spacial score (nSPS) is 17.9. The Morgan fingerprint density at radius 2 is 1.73 bits per heavy atom. The number of hydrogen-bond acceptors (Lipinski definition) is 5. The Kier molecular flexibility index (Phi) is 5.69. The van der Waals surface area contributed by atoms with Gasteiger partial charge in [0.15, 0.2) is 0 Å². The molecule has 0 unspecified atom stereocenters. The highest BCUT2D eigenvalue weighted by molar-refractivity contribution is 7.91. The molecule has 1 atom stereocenters. The standard InChI is InChI=1S/C17H20ClN3O3S2/c1-12-2-7-15(25-12)26(23,24)21-10-8-20(9-11-21)16(17(19)22)13-3-5-14(18)6-4-13/h2-7,16H,8-11H2,1H3,(H2,19,22)/t16-/m0/s1. The molecule has 1 fully saturated rings. The van der Waals surface area contributed by atoms with Crippen molar-refractivity contribution in [2.45, 2.75) is 17.2 Å². The highest BCUT2D eigenvalue weighted by Crippen LogP contribution is 2.28. The quantitative estimate of drug-likeness (QED) is 0.814. The fourth-order valence-corrected chi connectivity index (χ4v) is 6.07. The van der Waals surface area contributed by atoms with Crippen LogP contribution in [0.3, 0.4) is 0 Å². The molecule has 0 radical (unpaired) electrons. The van der Waals surface area contributed by atoms with Crippen molar-refractivity contribution in [3.8, 4) is 0 Å². The minimum Gasteiger partial charge on any atom is -0.368 e. The minimum atomic E-state index is -3.49. The largest absolute Gasteiger partial charge is 0.368 e. The van der Waals surface area contributed by atoms with Crippen LogP contribution >= 0.6 is 22.9 Å². The molecule has 1 saturated heterocycles.